The molecule has 4 heterocycles. The largest absolute Gasteiger partial charge is 0.466 e. The first kappa shape index (κ1) is 24.9. The van der Waals surface area contributed by atoms with Crippen molar-refractivity contribution in [1.29, 1.82) is 0 Å². The van der Waals surface area contributed by atoms with E-state index in [9.17, 15) is 14.0 Å². The molecule has 0 amide bonds. The van der Waals surface area contributed by atoms with E-state index in [0.717, 1.165) is 10.6 Å². The molecule has 194 valence electrons. The lowest BCUT2D eigenvalue weighted by atomic mass is 10.0. The van der Waals surface area contributed by atoms with E-state index in [1.165, 1.54) is 41.9 Å². The Morgan fingerprint density at radius 3 is 2.54 bits per heavy atom. The number of ether oxygens (including phenoxy) is 1. The van der Waals surface area contributed by atoms with Gasteiger partial charge >= 0.3 is 5.97 Å². The van der Waals surface area contributed by atoms with E-state index in [4.69, 9.17) is 9.84 Å². The number of fused-ring (bicyclic) bond motifs is 1. The summed E-state index contributed by atoms with van der Waals surface area (Å²) in [5.41, 5.74) is 3.42. The minimum atomic E-state index is -0.639. The maximum atomic E-state index is 13.9. The molecule has 0 radical (unpaired) electrons. The van der Waals surface area contributed by atoms with Gasteiger partial charge in [-0.1, -0.05) is 35.6 Å². The van der Waals surface area contributed by atoms with Crippen molar-refractivity contribution < 1.29 is 13.9 Å². The lowest BCUT2D eigenvalue weighted by molar-refractivity contribution is -0.136. The lowest BCUT2D eigenvalue weighted by Crippen LogP contribution is -2.39. The first-order valence-corrected chi connectivity index (χ1v) is 13.7. The molecule has 1 aliphatic rings. The first-order valence-electron chi connectivity index (χ1n) is 12.0. The molecule has 0 spiro atoms. The van der Waals surface area contributed by atoms with Crippen molar-refractivity contribution in [2.75, 3.05) is 7.11 Å². The van der Waals surface area contributed by atoms with Crippen LogP contribution in [0.1, 0.15) is 23.4 Å². The number of methoxy groups -OCH3 is 1. The Balaban J connectivity index is 1.56. The highest BCUT2D eigenvalue weighted by Crippen LogP contribution is 2.33. The zero-order valence-corrected chi connectivity index (χ0v) is 22.5. The number of hydrogen-bond donors (Lipinski definition) is 0. The monoisotopic (exact) mass is 556 g/mol. The summed E-state index contributed by atoms with van der Waals surface area (Å²) in [7, 11) is 1.32. The molecule has 0 saturated heterocycles. The maximum Gasteiger partial charge on any atom is 0.338 e. The fourth-order valence-corrected chi connectivity index (χ4v) is 6.45. The molecule has 0 unspecified atom stereocenters. The molecule has 3 aromatic heterocycles. The van der Waals surface area contributed by atoms with Crippen LogP contribution in [0.2, 0.25) is 0 Å². The highest BCUT2D eigenvalue weighted by Gasteiger charge is 2.33. The van der Waals surface area contributed by atoms with E-state index in [2.05, 4.69) is 4.99 Å². The molecule has 5 aromatic rings. The van der Waals surface area contributed by atoms with Gasteiger partial charge in [-0.05, 0) is 60.8 Å². The van der Waals surface area contributed by atoms with Crippen molar-refractivity contribution in [1.82, 2.24) is 14.3 Å². The fraction of sp³-hybridized carbons (Fsp3) is 0.103. The minimum absolute atomic E-state index is 0.274. The van der Waals surface area contributed by atoms with Crippen LogP contribution in [-0.2, 0) is 9.53 Å². The number of aromatic nitrogens is 3. The summed E-state index contributed by atoms with van der Waals surface area (Å²) in [4.78, 5) is 32.6. The van der Waals surface area contributed by atoms with Gasteiger partial charge in [-0.2, -0.15) is 5.10 Å². The number of esters is 1. The molecule has 1 atom stereocenters. The van der Waals surface area contributed by atoms with Crippen molar-refractivity contribution in [3.63, 3.8) is 0 Å². The summed E-state index contributed by atoms with van der Waals surface area (Å²) in [5.74, 6) is -0.867. The average Bonchev–Trinajstić information content (AvgIpc) is 3.69. The number of thiazole rings is 1. The molecule has 0 N–H and O–H groups in total. The number of carbonyl (C=O) groups is 1. The van der Waals surface area contributed by atoms with Crippen molar-refractivity contribution >= 4 is 34.7 Å². The number of halogens is 1. The van der Waals surface area contributed by atoms with Gasteiger partial charge in [0.15, 0.2) is 4.80 Å². The number of hydrogen-bond acceptors (Lipinski definition) is 7. The number of carbonyl (C=O) groups excluding carboxylic acids is 1. The number of rotatable bonds is 5. The Bertz CT molecular complexity index is 1900. The van der Waals surface area contributed by atoms with Crippen molar-refractivity contribution in [3.8, 4) is 16.9 Å². The highest BCUT2D eigenvalue weighted by molar-refractivity contribution is 7.10. The third-order valence-corrected chi connectivity index (χ3v) is 8.31. The normalized spacial score (nSPS) is 15.3. The Hall–Kier alpha value is -4.41. The van der Waals surface area contributed by atoms with Crippen LogP contribution in [-0.4, -0.2) is 27.4 Å². The van der Waals surface area contributed by atoms with Gasteiger partial charge in [0, 0.05) is 22.2 Å². The van der Waals surface area contributed by atoms with Gasteiger partial charge in [0.1, 0.15) is 17.6 Å². The van der Waals surface area contributed by atoms with E-state index in [1.807, 2.05) is 54.0 Å². The summed E-state index contributed by atoms with van der Waals surface area (Å²) in [6.07, 6.45) is 3.62. The van der Waals surface area contributed by atoms with Crippen LogP contribution in [0.15, 0.2) is 99.4 Å². The van der Waals surface area contributed by atoms with Crippen molar-refractivity contribution in [3.05, 3.63) is 126 Å². The van der Waals surface area contributed by atoms with Gasteiger partial charge in [-0.15, -0.1) is 11.3 Å². The predicted octanol–water partition coefficient (Wildman–Crippen LogP) is 4.46. The molecule has 0 aliphatic carbocycles. The molecule has 2 aromatic carbocycles. The summed E-state index contributed by atoms with van der Waals surface area (Å²) in [6, 6.07) is 18.8. The quantitative estimate of drug-likeness (QED) is 0.300. The predicted molar refractivity (Wildman–Crippen MR) is 149 cm³/mol. The maximum absolute atomic E-state index is 13.9. The van der Waals surface area contributed by atoms with Crippen molar-refractivity contribution in [2.45, 2.75) is 13.0 Å². The van der Waals surface area contributed by atoms with E-state index in [1.54, 1.807) is 34.4 Å². The standard InChI is InChI=1S/C29H21FN4O3S2/c1-17-24(28(36)37-2)26(22-9-6-14-38-22)34-27(35)23(39-29(34)31-17)15-19-16-33(21-7-4-3-5-8-21)32-25(19)18-10-12-20(30)13-11-18/h3-16,26H,1-2H3/b23-15-/t26-/m0/s1. The van der Waals surface area contributed by atoms with Gasteiger partial charge in [0.05, 0.1) is 28.6 Å². The molecule has 6 rings (SSSR count). The van der Waals surface area contributed by atoms with Gasteiger partial charge in [0.25, 0.3) is 5.56 Å². The average molecular weight is 557 g/mol. The molecule has 7 nitrogen and oxygen atoms in total. The molecular weight excluding hydrogens is 535 g/mol. The Morgan fingerprint density at radius 2 is 1.85 bits per heavy atom. The van der Waals surface area contributed by atoms with E-state index in [-0.39, 0.29) is 11.4 Å². The number of para-hydroxylation sites is 1. The summed E-state index contributed by atoms with van der Waals surface area (Å²) in [5, 5.41) is 6.67. The third-order valence-electron chi connectivity index (χ3n) is 6.41. The second-order valence-electron chi connectivity index (χ2n) is 8.81. The van der Waals surface area contributed by atoms with Gasteiger partial charge in [-0.3, -0.25) is 9.36 Å². The second kappa shape index (κ2) is 10.0. The number of benzene rings is 2. The molecular formula is C29H21FN4O3S2. The Labute approximate surface area is 230 Å². The lowest BCUT2D eigenvalue weighted by Gasteiger charge is -2.22. The molecule has 10 heteroatoms. The zero-order chi connectivity index (χ0) is 27.1. The van der Waals surface area contributed by atoms with Crippen LogP contribution in [0.3, 0.4) is 0 Å². The summed E-state index contributed by atoms with van der Waals surface area (Å²) in [6.45, 7) is 1.75. The van der Waals surface area contributed by atoms with Gasteiger partial charge < -0.3 is 4.74 Å². The Morgan fingerprint density at radius 1 is 1.08 bits per heavy atom. The molecule has 0 saturated carbocycles. The molecule has 0 fully saturated rings. The molecule has 39 heavy (non-hydrogen) atoms. The topological polar surface area (TPSA) is 78.5 Å². The SMILES string of the molecule is COC(=O)C1=C(C)N=c2s/c(=C\c3cn(-c4ccccc4)nc3-c3ccc(F)cc3)c(=O)n2[C@H]1c1cccs1. The van der Waals surface area contributed by atoms with Crippen LogP contribution >= 0.6 is 22.7 Å². The smallest absolute Gasteiger partial charge is 0.338 e. The Kier molecular flexibility index (Phi) is 6.41. The summed E-state index contributed by atoms with van der Waals surface area (Å²) < 4.78 is 22.5. The van der Waals surface area contributed by atoms with Gasteiger partial charge in [-0.25, -0.2) is 18.9 Å². The van der Waals surface area contributed by atoms with E-state index in [0.29, 0.717) is 37.4 Å². The van der Waals surface area contributed by atoms with Crippen LogP contribution in [0.4, 0.5) is 4.39 Å². The zero-order valence-electron chi connectivity index (χ0n) is 20.9. The first-order chi connectivity index (χ1) is 18.9. The van der Waals surface area contributed by atoms with Crippen LogP contribution in [0, 0.1) is 5.82 Å². The van der Waals surface area contributed by atoms with Crippen molar-refractivity contribution in [2.24, 2.45) is 4.99 Å². The van der Waals surface area contributed by atoms with Crippen LogP contribution in [0.5, 0.6) is 0 Å². The number of allylic oxidation sites excluding steroid dienone is 1. The van der Waals surface area contributed by atoms with Crippen LogP contribution < -0.4 is 14.9 Å². The minimum Gasteiger partial charge on any atom is -0.466 e. The van der Waals surface area contributed by atoms with E-state index < -0.39 is 12.0 Å². The molecule has 1 aliphatic heterocycles. The third kappa shape index (κ3) is 4.47. The fourth-order valence-electron chi connectivity index (χ4n) is 4.59. The number of thiophene rings is 1. The highest BCUT2D eigenvalue weighted by atomic mass is 32.1. The van der Waals surface area contributed by atoms with E-state index >= 15 is 0 Å². The summed E-state index contributed by atoms with van der Waals surface area (Å²) >= 11 is 2.70. The number of nitrogens with zero attached hydrogens (tertiary/aromatic N) is 4. The van der Waals surface area contributed by atoms with Gasteiger partial charge in [0.2, 0.25) is 0 Å². The molecule has 0 bridgehead atoms. The second-order valence-corrected chi connectivity index (χ2v) is 10.8. The van der Waals surface area contributed by atoms with Crippen LogP contribution in [0.25, 0.3) is 23.0 Å².